The molecule has 0 unspecified atom stereocenters. The van der Waals surface area contributed by atoms with Gasteiger partial charge in [-0.3, -0.25) is 0 Å². The quantitative estimate of drug-likeness (QED) is 0.792. The Hall–Kier alpha value is -1.73. The highest BCUT2D eigenvalue weighted by Crippen LogP contribution is 2.25. The predicted molar refractivity (Wildman–Crippen MR) is 59.9 cm³/mol. The molecule has 0 radical (unpaired) electrons. The molecule has 0 fully saturated rings. The molecule has 72 valence electrons. The van der Waals surface area contributed by atoms with Crippen molar-refractivity contribution in [2.24, 2.45) is 0 Å². The number of nitrogens with zero attached hydrogens (tertiary/aromatic N) is 3. The molecule has 1 aromatic carbocycles. The second-order valence-corrected chi connectivity index (χ2v) is 3.71. The van der Waals surface area contributed by atoms with Gasteiger partial charge in [0.05, 0.1) is 5.69 Å². The number of hydrogen-bond donors (Lipinski definition) is 0. The van der Waals surface area contributed by atoms with Crippen LogP contribution in [0.5, 0.6) is 0 Å². The molecule has 0 atom stereocenters. The lowest BCUT2D eigenvalue weighted by Crippen LogP contribution is -1.91. The topological polar surface area (TPSA) is 49.6 Å². The zero-order valence-electron chi connectivity index (χ0n) is 7.68. The lowest BCUT2D eigenvalue weighted by atomic mass is 10.1. The Morgan fingerprint density at radius 3 is 2.73 bits per heavy atom. The van der Waals surface area contributed by atoms with Crippen LogP contribution in [0, 0.1) is 11.3 Å². The van der Waals surface area contributed by atoms with E-state index in [9.17, 15) is 0 Å². The molecule has 0 aliphatic heterocycles. The van der Waals surface area contributed by atoms with Gasteiger partial charge in [0.25, 0.3) is 0 Å². The summed E-state index contributed by atoms with van der Waals surface area (Å²) in [6.07, 6.45) is 1.58. The standard InChI is InChI=1S/C11H6BrN3/c12-9-4-2-1-3-8(9)10-5-6-14-11(7-13)15-10/h1-6H. The van der Waals surface area contributed by atoms with Gasteiger partial charge in [0.1, 0.15) is 6.07 Å². The first-order valence-electron chi connectivity index (χ1n) is 4.29. The van der Waals surface area contributed by atoms with E-state index in [-0.39, 0.29) is 5.82 Å². The summed E-state index contributed by atoms with van der Waals surface area (Å²) < 4.78 is 0.951. The maximum atomic E-state index is 8.69. The van der Waals surface area contributed by atoms with Crippen LogP contribution in [0.3, 0.4) is 0 Å². The molecule has 2 rings (SSSR count). The Balaban J connectivity index is 2.55. The zero-order valence-corrected chi connectivity index (χ0v) is 9.27. The number of nitriles is 1. The summed E-state index contributed by atoms with van der Waals surface area (Å²) in [5.41, 5.74) is 1.70. The second kappa shape index (κ2) is 4.20. The van der Waals surface area contributed by atoms with Crippen LogP contribution in [0.1, 0.15) is 5.82 Å². The van der Waals surface area contributed by atoms with Gasteiger partial charge in [0.15, 0.2) is 0 Å². The Morgan fingerprint density at radius 1 is 1.20 bits per heavy atom. The van der Waals surface area contributed by atoms with E-state index in [2.05, 4.69) is 25.9 Å². The monoisotopic (exact) mass is 259 g/mol. The highest BCUT2D eigenvalue weighted by molar-refractivity contribution is 9.10. The van der Waals surface area contributed by atoms with E-state index in [0.717, 1.165) is 15.7 Å². The third kappa shape index (κ3) is 2.03. The van der Waals surface area contributed by atoms with Crippen molar-refractivity contribution in [2.75, 3.05) is 0 Å². The van der Waals surface area contributed by atoms with Gasteiger partial charge < -0.3 is 0 Å². The molecule has 1 heterocycles. The summed E-state index contributed by atoms with van der Waals surface area (Å²) in [6, 6.07) is 11.4. The van der Waals surface area contributed by atoms with Gasteiger partial charge in [-0.15, -0.1) is 0 Å². The minimum atomic E-state index is 0.184. The zero-order chi connectivity index (χ0) is 10.7. The SMILES string of the molecule is N#Cc1nccc(-c2ccccc2Br)n1. The van der Waals surface area contributed by atoms with Crippen molar-refractivity contribution < 1.29 is 0 Å². The van der Waals surface area contributed by atoms with Crippen LogP contribution in [0.2, 0.25) is 0 Å². The van der Waals surface area contributed by atoms with E-state index in [4.69, 9.17) is 5.26 Å². The van der Waals surface area contributed by atoms with Gasteiger partial charge in [-0.25, -0.2) is 9.97 Å². The van der Waals surface area contributed by atoms with Gasteiger partial charge in [0, 0.05) is 16.2 Å². The van der Waals surface area contributed by atoms with Crippen LogP contribution in [0.4, 0.5) is 0 Å². The van der Waals surface area contributed by atoms with E-state index in [1.807, 2.05) is 30.3 Å². The number of aromatic nitrogens is 2. The van der Waals surface area contributed by atoms with Crippen molar-refractivity contribution in [3.05, 3.63) is 46.8 Å². The fraction of sp³-hybridized carbons (Fsp3) is 0. The van der Waals surface area contributed by atoms with Crippen LogP contribution in [-0.2, 0) is 0 Å². The molecule has 0 N–H and O–H groups in total. The predicted octanol–water partition coefficient (Wildman–Crippen LogP) is 2.78. The summed E-state index contributed by atoms with van der Waals surface area (Å²) >= 11 is 3.44. The van der Waals surface area contributed by atoms with Crippen LogP contribution in [0.15, 0.2) is 41.0 Å². The molecule has 0 bridgehead atoms. The van der Waals surface area contributed by atoms with E-state index in [1.165, 1.54) is 0 Å². The van der Waals surface area contributed by atoms with E-state index in [1.54, 1.807) is 12.3 Å². The molecule has 0 amide bonds. The Kier molecular flexibility index (Phi) is 2.75. The third-order valence-electron chi connectivity index (χ3n) is 1.91. The number of halogens is 1. The molecule has 0 spiro atoms. The smallest absolute Gasteiger partial charge is 0.227 e. The van der Waals surface area contributed by atoms with E-state index < -0.39 is 0 Å². The fourth-order valence-corrected chi connectivity index (χ4v) is 1.72. The molecular weight excluding hydrogens is 254 g/mol. The molecular formula is C11H6BrN3. The third-order valence-corrected chi connectivity index (χ3v) is 2.60. The van der Waals surface area contributed by atoms with Crippen LogP contribution >= 0.6 is 15.9 Å². The van der Waals surface area contributed by atoms with E-state index in [0.29, 0.717) is 0 Å². The Morgan fingerprint density at radius 2 is 2.00 bits per heavy atom. The molecule has 1 aromatic heterocycles. The molecule has 0 saturated carbocycles. The molecule has 0 aliphatic rings. The summed E-state index contributed by atoms with van der Waals surface area (Å²) in [7, 11) is 0. The summed E-state index contributed by atoms with van der Waals surface area (Å²) in [5.74, 6) is 0.184. The number of rotatable bonds is 1. The van der Waals surface area contributed by atoms with Gasteiger partial charge in [-0.05, 0) is 12.1 Å². The summed E-state index contributed by atoms with van der Waals surface area (Å²) in [4.78, 5) is 7.95. The Labute approximate surface area is 95.6 Å². The van der Waals surface area contributed by atoms with E-state index >= 15 is 0 Å². The maximum Gasteiger partial charge on any atom is 0.232 e. The number of hydrogen-bond acceptors (Lipinski definition) is 3. The van der Waals surface area contributed by atoms with Gasteiger partial charge >= 0.3 is 0 Å². The van der Waals surface area contributed by atoms with Crippen molar-refractivity contribution in [3.63, 3.8) is 0 Å². The van der Waals surface area contributed by atoms with Crippen LogP contribution < -0.4 is 0 Å². The molecule has 0 aliphatic carbocycles. The lowest BCUT2D eigenvalue weighted by molar-refractivity contribution is 1.12. The first kappa shape index (κ1) is 9.81. The molecule has 3 nitrogen and oxygen atoms in total. The van der Waals surface area contributed by atoms with Crippen molar-refractivity contribution >= 4 is 15.9 Å². The first-order valence-corrected chi connectivity index (χ1v) is 5.08. The molecule has 4 heteroatoms. The first-order chi connectivity index (χ1) is 7.31. The normalized spacial score (nSPS) is 9.60. The van der Waals surface area contributed by atoms with Crippen LogP contribution in [0.25, 0.3) is 11.3 Å². The van der Waals surface area contributed by atoms with Crippen molar-refractivity contribution in [1.29, 1.82) is 5.26 Å². The second-order valence-electron chi connectivity index (χ2n) is 2.86. The van der Waals surface area contributed by atoms with Crippen molar-refractivity contribution in [2.45, 2.75) is 0 Å². The van der Waals surface area contributed by atoms with Gasteiger partial charge in [-0.2, -0.15) is 5.26 Å². The van der Waals surface area contributed by atoms with Crippen LogP contribution in [-0.4, -0.2) is 9.97 Å². The molecule has 0 saturated heterocycles. The van der Waals surface area contributed by atoms with Gasteiger partial charge in [-0.1, -0.05) is 34.1 Å². The van der Waals surface area contributed by atoms with Crippen molar-refractivity contribution in [3.8, 4) is 17.3 Å². The Bertz CT molecular complexity index is 531. The molecule has 15 heavy (non-hydrogen) atoms. The highest BCUT2D eigenvalue weighted by atomic mass is 79.9. The highest BCUT2D eigenvalue weighted by Gasteiger charge is 2.04. The van der Waals surface area contributed by atoms with Gasteiger partial charge in [0.2, 0.25) is 5.82 Å². The average molecular weight is 260 g/mol. The summed E-state index contributed by atoms with van der Waals surface area (Å²) in [5, 5.41) is 8.69. The number of benzene rings is 1. The summed E-state index contributed by atoms with van der Waals surface area (Å²) in [6.45, 7) is 0. The minimum Gasteiger partial charge on any atom is -0.227 e. The van der Waals surface area contributed by atoms with Crippen molar-refractivity contribution in [1.82, 2.24) is 9.97 Å². The molecule has 2 aromatic rings. The largest absolute Gasteiger partial charge is 0.232 e. The lowest BCUT2D eigenvalue weighted by Gasteiger charge is -2.02. The maximum absolute atomic E-state index is 8.69. The average Bonchev–Trinajstić information content (AvgIpc) is 2.30. The fourth-order valence-electron chi connectivity index (χ4n) is 1.23. The minimum absolute atomic E-state index is 0.184.